The maximum Gasteiger partial charge on any atom is 0.227 e. The first-order valence-corrected chi connectivity index (χ1v) is 9.39. The summed E-state index contributed by atoms with van der Waals surface area (Å²) in [6, 6.07) is 7.83. The number of carbonyl (C=O) groups is 1. The van der Waals surface area contributed by atoms with E-state index in [1.165, 1.54) is 18.2 Å². The molecule has 1 aliphatic carbocycles. The number of benzene rings is 1. The summed E-state index contributed by atoms with van der Waals surface area (Å²) in [6.45, 7) is 0. The van der Waals surface area contributed by atoms with Crippen molar-refractivity contribution in [2.45, 2.75) is 42.2 Å². The van der Waals surface area contributed by atoms with Crippen LogP contribution in [0.1, 0.15) is 32.1 Å². The average molecular weight is 395 g/mol. The van der Waals surface area contributed by atoms with Gasteiger partial charge in [-0.05, 0) is 52.7 Å². The normalized spacial score (nSPS) is 15.6. The Morgan fingerprint density at radius 1 is 1.30 bits per heavy atom. The molecule has 1 amide bonds. The van der Waals surface area contributed by atoms with Crippen molar-refractivity contribution in [2.24, 2.45) is 13.0 Å². The minimum atomic E-state index is 0.136. The lowest BCUT2D eigenvalue weighted by molar-refractivity contribution is -0.120. The van der Waals surface area contributed by atoms with Gasteiger partial charge in [-0.15, -0.1) is 5.10 Å². The Morgan fingerprint density at radius 2 is 2.04 bits per heavy atom. The highest BCUT2D eigenvalue weighted by atomic mass is 79.9. The van der Waals surface area contributed by atoms with Crippen molar-refractivity contribution in [3.8, 4) is 0 Å². The molecule has 1 aliphatic rings. The number of nitrogens with zero attached hydrogens (tertiary/aromatic N) is 3. The fourth-order valence-corrected chi connectivity index (χ4v) is 4.19. The number of halogens is 1. The fourth-order valence-electron chi connectivity index (χ4n) is 2.79. The number of hydrogen-bond acceptors (Lipinski definition) is 4. The number of para-hydroxylation sites is 1. The second-order valence-electron chi connectivity index (χ2n) is 5.71. The van der Waals surface area contributed by atoms with E-state index in [9.17, 15) is 4.79 Å². The van der Waals surface area contributed by atoms with E-state index in [0.29, 0.717) is 4.73 Å². The third-order valence-electron chi connectivity index (χ3n) is 4.02. The fraction of sp³-hybridized carbons (Fsp3) is 0.438. The van der Waals surface area contributed by atoms with Crippen LogP contribution in [0.2, 0.25) is 0 Å². The Kier molecular flexibility index (Phi) is 5.38. The molecule has 0 saturated heterocycles. The number of nitrogens with one attached hydrogen (secondary N) is 1. The lowest BCUT2D eigenvalue weighted by Crippen LogP contribution is -2.24. The SMILES string of the molecule is Cn1nc(Br)nc1Sc1ccccc1NC(=O)C1CCCCC1. The second-order valence-corrected chi connectivity index (χ2v) is 7.43. The highest BCUT2D eigenvalue weighted by Gasteiger charge is 2.22. The Balaban J connectivity index is 1.75. The van der Waals surface area contributed by atoms with Crippen molar-refractivity contribution in [3.63, 3.8) is 0 Å². The van der Waals surface area contributed by atoms with Crippen LogP contribution in [0.5, 0.6) is 0 Å². The van der Waals surface area contributed by atoms with Crippen molar-refractivity contribution in [1.82, 2.24) is 14.8 Å². The van der Waals surface area contributed by atoms with Gasteiger partial charge in [0.15, 0.2) is 5.16 Å². The number of aromatic nitrogens is 3. The van der Waals surface area contributed by atoms with Gasteiger partial charge in [-0.1, -0.05) is 31.4 Å². The molecule has 1 aromatic heterocycles. The van der Waals surface area contributed by atoms with E-state index in [1.807, 2.05) is 31.3 Å². The lowest BCUT2D eigenvalue weighted by Gasteiger charge is -2.21. The molecule has 0 aliphatic heterocycles. The number of aryl methyl sites for hydroxylation is 1. The summed E-state index contributed by atoms with van der Waals surface area (Å²) in [5, 5.41) is 8.06. The molecular weight excluding hydrogens is 376 g/mol. The maximum absolute atomic E-state index is 12.5. The molecule has 0 unspecified atom stereocenters. The van der Waals surface area contributed by atoms with Crippen molar-refractivity contribution in [1.29, 1.82) is 0 Å². The van der Waals surface area contributed by atoms with Crippen LogP contribution < -0.4 is 5.32 Å². The van der Waals surface area contributed by atoms with Crippen molar-refractivity contribution >= 4 is 39.3 Å². The van der Waals surface area contributed by atoms with Gasteiger partial charge in [-0.25, -0.2) is 4.68 Å². The number of rotatable bonds is 4. The molecule has 23 heavy (non-hydrogen) atoms. The summed E-state index contributed by atoms with van der Waals surface area (Å²) in [5.74, 6) is 0.280. The zero-order valence-corrected chi connectivity index (χ0v) is 15.4. The van der Waals surface area contributed by atoms with E-state index >= 15 is 0 Å². The molecule has 5 nitrogen and oxygen atoms in total. The zero-order chi connectivity index (χ0) is 16.2. The van der Waals surface area contributed by atoms with Gasteiger partial charge in [0.05, 0.1) is 5.69 Å². The molecule has 0 radical (unpaired) electrons. The first kappa shape index (κ1) is 16.5. The molecule has 0 atom stereocenters. The lowest BCUT2D eigenvalue weighted by atomic mass is 9.88. The maximum atomic E-state index is 12.5. The van der Waals surface area contributed by atoms with Crippen LogP contribution in [0.25, 0.3) is 0 Å². The minimum Gasteiger partial charge on any atom is -0.325 e. The zero-order valence-electron chi connectivity index (χ0n) is 13.0. The van der Waals surface area contributed by atoms with Crippen LogP contribution >= 0.6 is 27.7 Å². The van der Waals surface area contributed by atoms with Crippen LogP contribution in [0.3, 0.4) is 0 Å². The molecule has 7 heteroatoms. The van der Waals surface area contributed by atoms with Gasteiger partial charge in [0, 0.05) is 17.9 Å². The molecule has 2 aromatic rings. The third-order valence-corrected chi connectivity index (χ3v) is 5.47. The Bertz CT molecular complexity index is 697. The molecular formula is C16H19BrN4OS. The van der Waals surface area contributed by atoms with Gasteiger partial charge in [-0.2, -0.15) is 4.98 Å². The predicted octanol–water partition coefficient (Wildman–Crippen LogP) is 4.25. The number of hydrogen-bond donors (Lipinski definition) is 1. The van der Waals surface area contributed by atoms with Crippen molar-refractivity contribution < 1.29 is 4.79 Å². The van der Waals surface area contributed by atoms with Crippen molar-refractivity contribution in [3.05, 3.63) is 29.0 Å². The Morgan fingerprint density at radius 3 is 2.74 bits per heavy atom. The number of anilines is 1. The van der Waals surface area contributed by atoms with Gasteiger partial charge in [0.1, 0.15) is 0 Å². The largest absolute Gasteiger partial charge is 0.325 e. The summed E-state index contributed by atoms with van der Waals surface area (Å²) in [4.78, 5) is 17.8. The summed E-state index contributed by atoms with van der Waals surface area (Å²) in [6.07, 6.45) is 5.55. The van der Waals surface area contributed by atoms with E-state index in [4.69, 9.17) is 0 Å². The van der Waals surface area contributed by atoms with E-state index in [-0.39, 0.29) is 11.8 Å². The van der Waals surface area contributed by atoms with E-state index in [0.717, 1.165) is 41.4 Å². The second kappa shape index (κ2) is 7.49. The van der Waals surface area contributed by atoms with Gasteiger partial charge in [-0.3, -0.25) is 4.79 Å². The number of carbonyl (C=O) groups excluding carboxylic acids is 1. The Labute approximate surface area is 148 Å². The minimum absolute atomic E-state index is 0.136. The van der Waals surface area contributed by atoms with Crippen LogP contribution in [0.15, 0.2) is 39.1 Å². The molecule has 0 spiro atoms. The molecule has 0 bridgehead atoms. The van der Waals surface area contributed by atoms with Gasteiger partial charge in [0.2, 0.25) is 10.6 Å². The average Bonchev–Trinajstić information content (AvgIpc) is 2.87. The van der Waals surface area contributed by atoms with Crippen LogP contribution in [-0.4, -0.2) is 20.7 Å². The highest BCUT2D eigenvalue weighted by molar-refractivity contribution is 9.10. The molecule has 1 saturated carbocycles. The quantitative estimate of drug-likeness (QED) is 0.841. The van der Waals surface area contributed by atoms with Gasteiger partial charge in [0.25, 0.3) is 0 Å². The molecule has 1 fully saturated rings. The van der Waals surface area contributed by atoms with E-state index < -0.39 is 0 Å². The van der Waals surface area contributed by atoms with Crippen LogP contribution in [0.4, 0.5) is 5.69 Å². The summed E-state index contributed by atoms with van der Waals surface area (Å²) < 4.78 is 2.28. The number of amides is 1. The first-order chi connectivity index (χ1) is 11.1. The molecule has 1 aromatic carbocycles. The highest BCUT2D eigenvalue weighted by Crippen LogP contribution is 2.33. The monoisotopic (exact) mass is 394 g/mol. The molecule has 1 N–H and O–H groups in total. The molecule has 1 heterocycles. The molecule has 122 valence electrons. The smallest absolute Gasteiger partial charge is 0.227 e. The van der Waals surface area contributed by atoms with Crippen LogP contribution in [-0.2, 0) is 11.8 Å². The summed E-state index contributed by atoms with van der Waals surface area (Å²) in [5.41, 5.74) is 0.840. The first-order valence-electron chi connectivity index (χ1n) is 7.78. The van der Waals surface area contributed by atoms with Gasteiger partial charge < -0.3 is 5.32 Å². The summed E-state index contributed by atoms with van der Waals surface area (Å²) in [7, 11) is 1.85. The van der Waals surface area contributed by atoms with Crippen LogP contribution in [0, 0.1) is 5.92 Å². The summed E-state index contributed by atoms with van der Waals surface area (Å²) >= 11 is 4.78. The van der Waals surface area contributed by atoms with E-state index in [1.54, 1.807) is 4.68 Å². The molecule has 3 rings (SSSR count). The Hall–Kier alpha value is -1.34. The van der Waals surface area contributed by atoms with E-state index in [2.05, 4.69) is 31.3 Å². The third kappa shape index (κ3) is 4.14. The standard InChI is InChI=1S/C16H19BrN4OS/c1-21-16(19-15(17)20-21)23-13-10-6-5-9-12(13)18-14(22)11-7-3-2-4-8-11/h5-6,9-11H,2-4,7-8H2,1H3,(H,18,22). The predicted molar refractivity (Wildman–Crippen MR) is 94.5 cm³/mol. The van der Waals surface area contributed by atoms with Crippen molar-refractivity contribution in [2.75, 3.05) is 5.32 Å². The van der Waals surface area contributed by atoms with Gasteiger partial charge >= 0.3 is 0 Å². The topological polar surface area (TPSA) is 59.8 Å².